The van der Waals surface area contributed by atoms with E-state index in [1.165, 1.54) is 0 Å². The van der Waals surface area contributed by atoms with Gasteiger partial charge in [-0.3, -0.25) is 0 Å². The van der Waals surface area contributed by atoms with Crippen molar-refractivity contribution in [1.29, 1.82) is 0 Å². The summed E-state index contributed by atoms with van der Waals surface area (Å²) in [5.41, 5.74) is -5.11. The topological polar surface area (TPSA) is 27.7 Å². The van der Waals surface area contributed by atoms with E-state index in [0.717, 1.165) is 19.8 Å². The van der Waals surface area contributed by atoms with Crippen molar-refractivity contribution in [2.24, 2.45) is 11.8 Å². The van der Waals surface area contributed by atoms with Crippen LogP contribution in [0.25, 0.3) is 0 Å². The summed E-state index contributed by atoms with van der Waals surface area (Å²) < 4.78 is 69.6. The Bertz CT molecular complexity index is 400. The molecule has 7 heteroatoms. The maximum Gasteiger partial charge on any atom is 0.420 e. The summed E-state index contributed by atoms with van der Waals surface area (Å²) in [6.07, 6.45) is -1.37. The number of hydrogen-bond donors (Lipinski definition) is 0. The first-order valence-corrected chi connectivity index (χ1v) is 9.05. The third kappa shape index (κ3) is 4.86. The number of ether oxygens (including phenoxy) is 3. The van der Waals surface area contributed by atoms with Crippen molar-refractivity contribution >= 4 is 0 Å². The van der Waals surface area contributed by atoms with Crippen LogP contribution in [0.5, 0.6) is 0 Å². The number of rotatable bonds is 7. The second-order valence-corrected chi connectivity index (χ2v) is 7.18. The normalized spacial score (nSPS) is 32.0. The molecule has 0 aromatic heterocycles. The van der Waals surface area contributed by atoms with Gasteiger partial charge in [0.15, 0.2) is 11.3 Å². The largest absolute Gasteiger partial charge is 0.420 e. The van der Waals surface area contributed by atoms with E-state index in [2.05, 4.69) is 13.8 Å². The molecular weight excluding hydrogens is 340 g/mol. The smallest absolute Gasteiger partial charge is 0.382 e. The van der Waals surface area contributed by atoms with E-state index >= 15 is 4.39 Å². The number of methoxy groups -OCH3 is 1. The molecule has 2 rings (SSSR count). The van der Waals surface area contributed by atoms with Crippen molar-refractivity contribution in [3.05, 3.63) is 0 Å². The minimum atomic E-state index is -4.75. The maximum atomic E-state index is 15.1. The van der Waals surface area contributed by atoms with Gasteiger partial charge in [-0.15, -0.1) is 0 Å². The number of alkyl halides is 4. The zero-order valence-electron chi connectivity index (χ0n) is 15.9. The maximum absolute atomic E-state index is 15.1. The Morgan fingerprint density at radius 3 is 2.16 bits per heavy atom. The average Bonchev–Trinajstić information content (AvgIpc) is 3.14. The Kier molecular flexibility index (Phi) is 8.15. The molecular formula is C18H32F4O3. The van der Waals surface area contributed by atoms with Crippen LogP contribution < -0.4 is 0 Å². The predicted octanol–water partition coefficient (Wildman–Crippen LogP) is 5.28. The van der Waals surface area contributed by atoms with Crippen molar-refractivity contribution in [3.63, 3.8) is 0 Å². The van der Waals surface area contributed by atoms with Crippen LogP contribution in [0.1, 0.15) is 59.8 Å². The highest BCUT2D eigenvalue weighted by Gasteiger charge is 2.72. The third-order valence-electron chi connectivity index (χ3n) is 5.72. The van der Waals surface area contributed by atoms with Crippen molar-refractivity contribution in [2.75, 3.05) is 20.5 Å². The molecule has 2 aliphatic carbocycles. The van der Waals surface area contributed by atoms with Gasteiger partial charge in [-0.2, -0.15) is 13.2 Å². The van der Waals surface area contributed by atoms with Gasteiger partial charge in [0.25, 0.3) is 0 Å². The minimum absolute atomic E-state index is 0.0558. The van der Waals surface area contributed by atoms with Crippen LogP contribution in [-0.2, 0) is 14.2 Å². The van der Waals surface area contributed by atoms with Gasteiger partial charge in [0, 0.05) is 13.7 Å². The summed E-state index contributed by atoms with van der Waals surface area (Å²) in [6.45, 7) is 6.34. The molecule has 0 saturated heterocycles. The lowest BCUT2D eigenvalue weighted by Gasteiger charge is -2.45. The molecule has 0 radical (unpaired) electrons. The molecule has 0 aromatic rings. The quantitative estimate of drug-likeness (QED) is 0.346. The standard InChI is InChI=1S/C13H20F4O2.C5H12O/c1-3-18-8-19-11(2,13(15,16)17)12(14)7-9-4-5-10(12)6-9;1-4-5(2)6-3/h9-10H,3-8H2,1-2H3;5H,4H2,1-3H3. The first-order chi connectivity index (χ1) is 11.6. The fourth-order valence-electron chi connectivity index (χ4n) is 3.69. The van der Waals surface area contributed by atoms with E-state index in [0.29, 0.717) is 18.9 Å². The molecule has 0 N–H and O–H groups in total. The molecule has 5 unspecified atom stereocenters. The van der Waals surface area contributed by atoms with Crippen LogP contribution in [0.2, 0.25) is 0 Å². The highest BCUT2D eigenvalue weighted by Crippen LogP contribution is 2.61. The Hall–Kier alpha value is -0.400. The lowest BCUT2D eigenvalue weighted by molar-refractivity contribution is -0.337. The van der Waals surface area contributed by atoms with Gasteiger partial charge in [-0.1, -0.05) is 6.92 Å². The van der Waals surface area contributed by atoms with Gasteiger partial charge in [0.05, 0.1) is 6.10 Å². The van der Waals surface area contributed by atoms with E-state index in [1.54, 1.807) is 14.0 Å². The van der Waals surface area contributed by atoms with Crippen LogP contribution >= 0.6 is 0 Å². The first-order valence-electron chi connectivity index (χ1n) is 9.05. The summed E-state index contributed by atoms with van der Waals surface area (Å²) in [5, 5.41) is 0. The highest BCUT2D eigenvalue weighted by molar-refractivity contribution is 5.14. The fourth-order valence-corrected chi connectivity index (χ4v) is 3.69. The van der Waals surface area contributed by atoms with Crippen LogP contribution in [-0.4, -0.2) is 44.1 Å². The lowest BCUT2D eigenvalue weighted by Crippen LogP contribution is -2.62. The molecule has 2 aliphatic rings. The SMILES string of the molecule is CCC(C)OC.CCOCOC(C)(C(F)(F)F)C1(F)CC2CCC1C2. The van der Waals surface area contributed by atoms with Gasteiger partial charge < -0.3 is 14.2 Å². The molecule has 2 saturated carbocycles. The molecule has 0 aliphatic heterocycles. The molecule has 3 nitrogen and oxygen atoms in total. The van der Waals surface area contributed by atoms with Crippen molar-refractivity contribution < 1.29 is 31.8 Å². The van der Waals surface area contributed by atoms with E-state index < -0.39 is 30.2 Å². The van der Waals surface area contributed by atoms with Gasteiger partial charge in [0.1, 0.15) is 6.79 Å². The monoisotopic (exact) mass is 372 g/mol. The summed E-state index contributed by atoms with van der Waals surface area (Å²) in [7, 11) is 1.73. The van der Waals surface area contributed by atoms with Crippen molar-refractivity contribution in [3.8, 4) is 0 Å². The number of halogens is 4. The van der Waals surface area contributed by atoms with Crippen LogP contribution in [0.15, 0.2) is 0 Å². The van der Waals surface area contributed by atoms with E-state index in [1.807, 2.05) is 0 Å². The fraction of sp³-hybridized carbons (Fsp3) is 1.00. The first kappa shape index (κ1) is 22.6. The van der Waals surface area contributed by atoms with Crippen molar-refractivity contribution in [1.82, 2.24) is 0 Å². The molecule has 2 bridgehead atoms. The molecule has 0 amide bonds. The zero-order chi connectivity index (χ0) is 19.3. The van der Waals surface area contributed by atoms with Gasteiger partial charge in [-0.05, 0) is 64.7 Å². The molecule has 0 spiro atoms. The summed E-state index contributed by atoms with van der Waals surface area (Å²) in [4.78, 5) is 0. The van der Waals surface area contributed by atoms with Crippen molar-refractivity contribution in [2.45, 2.75) is 83.3 Å². The minimum Gasteiger partial charge on any atom is -0.382 e. The summed E-state index contributed by atoms with van der Waals surface area (Å²) in [5.74, 6) is -0.488. The van der Waals surface area contributed by atoms with Gasteiger partial charge in [0.2, 0.25) is 0 Å². The Morgan fingerprint density at radius 2 is 1.84 bits per heavy atom. The Balaban J connectivity index is 0.000000450. The second-order valence-electron chi connectivity index (χ2n) is 7.18. The Labute approximate surface area is 148 Å². The van der Waals surface area contributed by atoms with Gasteiger partial charge >= 0.3 is 6.18 Å². The average molecular weight is 372 g/mol. The Morgan fingerprint density at radius 1 is 1.20 bits per heavy atom. The molecule has 0 heterocycles. The zero-order valence-corrected chi connectivity index (χ0v) is 15.9. The molecule has 5 atom stereocenters. The van der Waals surface area contributed by atoms with Crippen LogP contribution in [0.3, 0.4) is 0 Å². The van der Waals surface area contributed by atoms with Gasteiger partial charge in [-0.25, -0.2) is 4.39 Å². The molecule has 0 aromatic carbocycles. The highest BCUT2D eigenvalue weighted by atomic mass is 19.4. The van der Waals surface area contributed by atoms with Crippen LogP contribution in [0.4, 0.5) is 17.6 Å². The second kappa shape index (κ2) is 9.00. The summed E-state index contributed by atoms with van der Waals surface area (Å²) in [6, 6.07) is 0. The molecule has 2 fully saturated rings. The molecule has 25 heavy (non-hydrogen) atoms. The van der Waals surface area contributed by atoms with E-state index in [9.17, 15) is 13.2 Å². The third-order valence-corrected chi connectivity index (χ3v) is 5.72. The van der Waals surface area contributed by atoms with Crippen LogP contribution in [0, 0.1) is 11.8 Å². The van der Waals surface area contributed by atoms with E-state index in [-0.39, 0.29) is 18.9 Å². The summed E-state index contributed by atoms with van der Waals surface area (Å²) >= 11 is 0. The number of fused-ring (bicyclic) bond motifs is 2. The number of hydrogen-bond acceptors (Lipinski definition) is 3. The lowest BCUT2D eigenvalue weighted by atomic mass is 9.73. The van der Waals surface area contributed by atoms with E-state index in [4.69, 9.17) is 14.2 Å². The molecule has 150 valence electrons. The predicted molar refractivity (Wildman–Crippen MR) is 88.1 cm³/mol.